The number of esters is 1. The number of aliphatic hydroxyl groups is 2. The summed E-state index contributed by atoms with van der Waals surface area (Å²) in [4.78, 5) is 15.5. The lowest BCUT2D eigenvalue weighted by Gasteiger charge is -2.08. The fourth-order valence-corrected chi connectivity index (χ4v) is 2.01. The van der Waals surface area contributed by atoms with Crippen LogP contribution in [0.1, 0.15) is 16.1 Å². The molecule has 0 aliphatic heterocycles. The van der Waals surface area contributed by atoms with E-state index in [0.717, 1.165) is 0 Å². The van der Waals surface area contributed by atoms with Crippen molar-refractivity contribution in [3.8, 4) is 0 Å². The van der Waals surface area contributed by atoms with Crippen molar-refractivity contribution in [2.45, 2.75) is 18.1 Å². The number of hydrogen-bond acceptors (Lipinski definition) is 6. The number of thioether (sulfide) groups is 1. The Hall–Kier alpha value is -1.11. The maximum atomic E-state index is 11.3. The molecule has 1 aromatic rings. The number of methoxy groups -OCH3 is 1. The van der Waals surface area contributed by atoms with Crippen LogP contribution in [0.25, 0.3) is 0 Å². The molecule has 1 rings (SSSR count). The molecule has 0 spiro atoms. The van der Waals surface area contributed by atoms with Gasteiger partial charge in [-0.05, 0) is 19.1 Å². The van der Waals surface area contributed by atoms with E-state index < -0.39 is 12.1 Å². The molecule has 0 aromatic carbocycles. The van der Waals surface area contributed by atoms with Crippen molar-refractivity contribution in [1.82, 2.24) is 4.98 Å². The molecule has 0 radical (unpaired) electrons. The summed E-state index contributed by atoms with van der Waals surface area (Å²) in [7, 11) is 1.32. The van der Waals surface area contributed by atoms with Crippen molar-refractivity contribution in [3.63, 3.8) is 0 Å². The van der Waals surface area contributed by atoms with Crippen LogP contribution in [-0.2, 0) is 4.74 Å². The number of aromatic nitrogens is 1. The van der Waals surface area contributed by atoms with Gasteiger partial charge in [0, 0.05) is 5.75 Å². The Morgan fingerprint density at radius 1 is 1.59 bits per heavy atom. The zero-order chi connectivity index (χ0) is 12.8. The number of aryl methyl sites for hydroxylation is 1. The molecule has 2 N–H and O–H groups in total. The average Bonchev–Trinajstić information content (AvgIpc) is 2.35. The molecule has 0 amide bonds. The molecule has 0 saturated carbocycles. The highest BCUT2D eigenvalue weighted by atomic mass is 32.2. The molecule has 0 aliphatic carbocycles. The van der Waals surface area contributed by atoms with Gasteiger partial charge in [0.05, 0.1) is 36.1 Å². The number of pyridine rings is 1. The van der Waals surface area contributed by atoms with Crippen LogP contribution in [0.3, 0.4) is 0 Å². The fourth-order valence-electron chi connectivity index (χ4n) is 1.18. The first-order valence-corrected chi connectivity index (χ1v) is 6.04. The predicted molar refractivity (Wildman–Crippen MR) is 64.1 cm³/mol. The van der Waals surface area contributed by atoms with Crippen molar-refractivity contribution >= 4 is 17.7 Å². The Kier molecular flexibility index (Phi) is 5.40. The quantitative estimate of drug-likeness (QED) is 0.594. The van der Waals surface area contributed by atoms with Crippen LogP contribution in [0.2, 0.25) is 0 Å². The van der Waals surface area contributed by atoms with Crippen molar-refractivity contribution in [2.75, 3.05) is 19.5 Å². The molecule has 0 saturated heterocycles. The van der Waals surface area contributed by atoms with Crippen LogP contribution in [0.4, 0.5) is 0 Å². The highest BCUT2D eigenvalue weighted by Gasteiger charge is 2.11. The number of carbonyl (C=O) groups is 1. The second-order valence-corrected chi connectivity index (χ2v) is 4.46. The second kappa shape index (κ2) is 6.58. The number of carbonyl (C=O) groups excluding carboxylic acids is 1. The van der Waals surface area contributed by atoms with Gasteiger partial charge in [-0.15, -0.1) is 11.8 Å². The average molecular weight is 257 g/mol. The van der Waals surface area contributed by atoms with Crippen molar-refractivity contribution in [2.24, 2.45) is 0 Å². The van der Waals surface area contributed by atoms with Gasteiger partial charge >= 0.3 is 5.97 Å². The molecule has 1 atom stereocenters. The maximum absolute atomic E-state index is 11.3. The summed E-state index contributed by atoms with van der Waals surface area (Å²) >= 11 is 1.32. The van der Waals surface area contributed by atoms with E-state index in [1.54, 1.807) is 19.1 Å². The Labute approximate surface area is 104 Å². The van der Waals surface area contributed by atoms with Crippen LogP contribution >= 0.6 is 11.8 Å². The minimum Gasteiger partial charge on any atom is -0.465 e. The standard InChI is InChI=1S/C11H15NO4S/c1-7-9(11(15)16-2)3-4-10(12-7)17-6-8(14)5-13/h3-4,8,13-14H,5-6H2,1-2H3. The molecule has 1 aromatic heterocycles. The molecule has 94 valence electrons. The Morgan fingerprint density at radius 3 is 2.82 bits per heavy atom. The topological polar surface area (TPSA) is 79.7 Å². The van der Waals surface area contributed by atoms with Gasteiger partial charge in [-0.1, -0.05) is 0 Å². The van der Waals surface area contributed by atoms with E-state index in [2.05, 4.69) is 9.72 Å². The number of rotatable bonds is 5. The van der Waals surface area contributed by atoms with Gasteiger partial charge in [-0.2, -0.15) is 0 Å². The van der Waals surface area contributed by atoms with Crippen LogP contribution < -0.4 is 0 Å². The minimum absolute atomic E-state index is 0.272. The Balaban J connectivity index is 2.72. The van der Waals surface area contributed by atoms with Crippen molar-refractivity contribution < 1.29 is 19.7 Å². The van der Waals surface area contributed by atoms with Crippen LogP contribution in [0, 0.1) is 6.92 Å². The second-order valence-electron chi connectivity index (χ2n) is 3.42. The third-order valence-electron chi connectivity index (χ3n) is 2.10. The number of hydrogen-bond donors (Lipinski definition) is 2. The Bertz CT molecular complexity index is 397. The van der Waals surface area contributed by atoms with Crippen LogP contribution in [-0.4, -0.2) is 46.7 Å². The maximum Gasteiger partial charge on any atom is 0.339 e. The molecule has 1 heterocycles. The number of ether oxygens (including phenoxy) is 1. The lowest BCUT2D eigenvalue weighted by molar-refractivity contribution is 0.0599. The summed E-state index contributed by atoms with van der Waals surface area (Å²) in [5.74, 6) is -0.0532. The number of nitrogens with zero attached hydrogens (tertiary/aromatic N) is 1. The van der Waals surface area contributed by atoms with Gasteiger partial charge in [0.1, 0.15) is 0 Å². The van der Waals surface area contributed by atoms with Gasteiger partial charge in [-0.25, -0.2) is 9.78 Å². The van der Waals surface area contributed by atoms with E-state index in [4.69, 9.17) is 5.11 Å². The monoisotopic (exact) mass is 257 g/mol. The minimum atomic E-state index is -0.762. The van der Waals surface area contributed by atoms with Gasteiger partial charge in [0.25, 0.3) is 0 Å². The molecular weight excluding hydrogens is 242 g/mol. The van der Waals surface area contributed by atoms with E-state index >= 15 is 0 Å². The summed E-state index contributed by atoms with van der Waals surface area (Å²) in [5, 5.41) is 18.6. The molecule has 1 unspecified atom stereocenters. The lowest BCUT2D eigenvalue weighted by Crippen LogP contribution is -2.14. The summed E-state index contributed by atoms with van der Waals surface area (Å²) in [6.45, 7) is 1.45. The molecule has 0 aliphatic rings. The highest BCUT2D eigenvalue weighted by Crippen LogP contribution is 2.18. The van der Waals surface area contributed by atoms with E-state index in [1.165, 1.54) is 18.9 Å². The van der Waals surface area contributed by atoms with Crippen molar-refractivity contribution in [3.05, 3.63) is 23.4 Å². The normalized spacial score (nSPS) is 12.2. The first kappa shape index (κ1) is 14.0. The third kappa shape index (κ3) is 3.99. The zero-order valence-corrected chi connectivity index (χ0v) is 10.5. The first-order valence-electron chi connectivity index (χ1n) is 5.06. The Morgan fingerprint density at radius 2 is 2.29 bits per heavy atom. The smallest absolute Gasteiger partial charge is 0.339 e. The van der Waals surface area contributed by atoms with Gasteiger partial charge in [0.15, 0.2) is 0 Å². The zero-order valence-electron chi connectivity index (χ0n) is 9.71. The van der Waals surface area contributed by atoms with E-state index in [0.29, 0.717) is 22.0 Å². The SMILES string of the molecule is COC(=O)c1ccc(SCC(O)CO)nc1C. The fraction of sp³-hybridized carbons (Fsp3) is 0.455. The van der Waals surface area contributed by atoms with E-state index in [9.17, 15) is 9.90 Å². The molecule has 5 nitrogen and oxygen atoms in total. The number of aliphatic hydroxyl groups excluding tert-OH is 2. The molecular formula is C11H15NO4S. The first-order chi connectivity index (χ1) is 8.08. The molecule has 6 heteroatoms. The van der Waals surface area contributed by atoms with E-state index in [1.807, 2.05) is 0 Å². The molecule has 17 heavy (non-hydrogen) atoms. The highest BCUT2D eigenvalue weighted by molar-refractivity contribution is 7.99. The summed E-state index contributed by atoms with van der Waals surface area (Å²) in [6, 6.07) is 3.33. The lowest BCUT2D eigenvalue weighted by atomic mass is 10.2. The molecule has 0 bridgehead atoms. The van der Waals surface area contributed by atoms with Gasteiger partial charge in [-0.3, -0.25) is 0 Å². The van der Waals surface area contributed by atoms with Crippen molar-refractivity contribution in [1.29, 1.82) is 0 Å². The van der Waals surface area contributed by atoms with Crippen LogP contribution in [0.15, 0.2) is 17.2 Å². The van der Waals surface area contributed by atoms with Gasteiger partial charge in [0.2, 0.25) is 0 Å². The van der Waals surface area contributed by atoms with Gasteiger partial charge < -0.3 is 14.9 Å². The van der Waals surface area contributed by atoms with E-state index in [-0.39, 0.29) is 6.61 Å². The van der Waals surface area contributed by atoms with Crippen LogP contribution in [0.5, 0.6) is 0 Å². The largest absolute Gasteiger partial charge is 0.465 e. The third-order valence-corrected chi connectivity index (χ3v) is 3.17. The summed E-state index contributed by atoms with van der Waals surface area (Å²) in [5.41, 5.74) is 1.01. The summed E-state index contributed by atoms with van der Waals surface area (Å²) in [6.07, 6.45) is -0.762. The predicted octanol–water partition coefficient (Wildman–Crippen LogP) is 0.622. The molecule has 0 fully saturated rings. The summed E-state index contributed by atoms with van der Waals surface area (Å²) < 4.78 is 4.61.